The van der Waals surface area contributed by atoms with Gasteiger partial charge in [-0.3, -0.25) is 4.79 Å². The number of sulfone groups is 1. The first-order chi connectivity index (χ1) is 10.1. The number of hydrogen-bond donors (Lipinski definition) is 1. The van der Waals surface area contributed by atoms with Crippen molar-refractivity contribution >= 4 is 25.8 Å². The highest BCUT2D eigenvalue weighted by Gasteiger charge is 2.25. The second-order valence-electron chi connectivity index (χ2n) is 4.95. The van der Waals surface area contributed by atoms with Crippen molar-refractivity contribution in [2.75, 3.05) is 19.3 Å². The Hall–Kier alpha value is -1.45. The number of aliphatic carboxylic acids is 1. The van der Waals surface area contributed by atoms with Gasteiger partial charge >= 0.3 is 5.97 Å². The van der Waals surface area contributed by atoms with Crippen molar-refractivity contribution in [3.8, 4) is 0 Å². The van der Waals surface area contributed by atoms with Gasteiger partial charge in [0.1, 0.15) is 6.54 Å². The van der Waals surface area contributed by atoms with Crippen LogP contribution in [0.15, 0.2) is 29.2 Å². The van der Waals surface area contributed by atoms with Crippen LogP contribution in [0.25, 0.3) is 0 Å². The molecule has 0 amide bonds. The molecule has 22 heavy (non-hydrogen) atoms. The Balaban J connectivity index is 3.08. The molecule has 7 nitrogen and oxygen atoms in total. The van der Waals surface area contributed by atoms with Gasteiger partial charge in [-0.05, 0) is 24.1 Å². The molecule has 0 spiro atoms. The molecule has 0 bridgehead atoms. The molecule has 1 aromatic carbocycles. The predicted molar refractivity (Wildman–Crippen MR) is 81.7 cm³/mol. The average molecular weight is 349 g/mol. The number of benzene rings is 1. The van der Waals surface area contributed by atoms with Crippen LogP contribution in [0.4, 0.5) is 0 Å². The Bertz CT molecular complexity index is 722. The predicted octanol–water partition coefficient (Wildman–Crippen LogP) is 0.716. The third kappa shape index (κ3) is 5.39. The van der Waals surface area contributed by atoms with E-state index in [-0.39, 0.29) is 17.2 Å². The highest BCUT2D eigenvalue weighted by Crippen LogP contribution is 2.17. The number of carboxylic acids is 1. The lowest BCUT2D eigenvalue weighted by atomic mass is 10.2. The van der Waals surface area contributed by atoms with E-state index in [1.807, 2.05) is 0 Å². The van der Waals surface area contributed by atoms with Crippen LogP contribution in [0, 0.1) is 0 Å². The molecule has 124 valence electrons. The van der Waals surface area contributed by atoms with Crippen molar-refractivity contribution in [1.29, 1.82) is 0 Å². The maximum Gasteiger partial charge on any atom is 0.318 e. The summed E-state index contributed by atoms with van der Waals surface area (Å²) in [5, 5.41) is 8.82. The van der Waals surface area contributed by atoms with Gasteiger partial charge in [0.15, 0.2) is 9.84 Å². The van der Waals surface area contributed by atoms with Gasteiger partial charge in [-0.15, -0.1) is 0 Å². The molecule has 1 rings (SSSR count). The van der Waals surface area contributed by atoms with E-state index in [2.05, 4.69) is 0 Å². The summed E-state index contributed by atoms with van der Waals surface area (Å²) in [5.41, 5.74) is 0.474. The quantitative estimate of drug-likeness (QED) is 0.740. The summed E-state index contributed by atoms with van der Waals surface area (Å²) < 4.78 is 48.1. The molecule has 0 aliphatic carbocycles. The maximum absolute atomic E-state index is 12.4. The van der Waals surface area contributed by atoms with Gasteiger partial charge in [0, 0.05) is 12.8 Å². The fraction of sp³-hybridized carbons (Fsp3) is 0.462. The third-order valence-corrected chi connectivity index (χ3v) is 5.49. The van der Waals surface area contributed by atoms with Gasteiger partial charge in [0.05, 0.1) is 10.6 Å². The van der Waals surface area contributed by atoms with Gasteiger partial charge in [-0.2, -0.15) is 4.31 Å². The second kappa shape index (κ2) is 7.21. The summed E-state index contributed by atoms with van der Waals surface area (Å²) >= 11 is 0. The third-order valence-electron chi connectivity index (χ3n) is 2.77. The summed E-state index contributed by atoms with van der Waals surface area (Å²) in [6.45, 7) is 1.24. The molecule has 0 aromatic heterocycles. The molecule has 1 aromatic rings. The van der Waals surface area contributed by atoms with Gasteiger partial charge in [-0.25, -0.2) is 16.8 Å². The van der Waals surface area contributed by atoms with Crippen LogP contribution in [-0.2, 0) is 30.4 Å². The van der Waals surface area contributed by atoms with Crippen LogP contribution in [0.3, 0.4) is 0 Å². The minimum Gasteiger partial charge on any atom is -0.480 e. The molecule has 9 heteroatoms. The second-order valence-corrected chi connectivity index (χ2v) is 9.02. The van der Waals surface area contributed by atoms with Crippen molar-refractivity contribution in [3.05, 3.63) is 29.8 Å². The number of nitrogens with zero attached hydrogens (tertiary/aromatic N) is 1. The molecular formula is C13H19NO6S2. The molecule has 0 unspecified atom stereocenters. The van der Waals surface area contributed by atoms with Crippen LogP contribution in [0.5, 0.6) is 0 Å². The summed E-state index contributed by atoms with van der Waals surface area (Å²) in [5.74, 6) is -1.41. The molecule has 0 saturated heterocycles. The maximum atomic E-state index is 12.4. The number of sulfonamides is 1. The molecule has 0 aliphatic heterocycles. The Kier molecular flexibility index (Phi) is 6.09. The molecule has 0 aliphatic rings. The minimum atomic E-state index is -3.92. The first-order valence-corrected chi connectivity index (χ1v) is 10.0. The van der Waals surface area contributed by atoms with Crippen molar-refractivity contribution in [2.24, 2.45) is 0 Å². The molecule has 0 heterocycles. The van der Waals surface area contributed by atoms with Crippen molar-refractivity contribution in [2.45, 2.75) is 24.0 Å². The van der Waals surface area contributed by atoms with E-state index in [9.17, 15) is 21.6 Å². The Morgan fingerprint density at radius 3 is 2.09 bits per heavy atom. The molecular weight excluding hydrogens is 330 g/mol. The number of carbonyl (C=O) groups is 1. The number of rotatable bonds is 8. The summed E-state index contributed by atoms with van der Waals surface area (Å²) in [6, 6.07) is 5.42. The lowest BCUT2D eigenvalue weighted by molar-refractivity contribution is -0.137. The van der Waals surface area contributed by atoms with E-state index in [1.165, 1.54) is 24.3 Å². The van der Waals surface area contributed by atoms with Crippen LogP contribution < -0.4 is 0 Å². The SMILES string of the molecule is CCCN(CC(=O)O)S(=O)(=O)c1ccc(CS(C)(=O)=O)cc1. The standard InChI is InChI=1S/C13H19NO6S2/c1-3-8-14(9-13(15)16)22(19,20)12-6-4-11(5-7-12)10-21(2,17)18/h4-7H,3,8-10H2,1-2H3,(H,15,16). The summed E-state index contributed by atoms with van der Waals surface area (Å²) in [4.78, 5) is 10.7. The zero-order chi connectivity index (χ0) is 17.0. The van der Waals surface area contributed by atoms with E-state index in [4.69, 9.17) is 5.11 Å². The summed E-state index contributed by atoms with van der Waals surface area (Å²) in [7, 11) is -7.12. The van der Waals surface area contributed by atoms with E-state index in [0.29, 0.717) is 12.0 Å². The molecule has 0 radical (unpaired) electrons. The van der Waals surface area contributed by atoms with E-state index < -0.39 is 32.4 Å². The highest BCUT2D eigenvalue weighted by atomic mass is 32.2. The summed E-state index contributed by atoms with van der Waals surface area (Å²) in [6.07, 6.45) is 1.58. The fourth-order valence-corrected chi connectivity index (χ4v) is 4.17. The minimum absolute atomic E-state index is 0.0561. The fourth-order valence-electron chi connectivity index (χ4n) is 1.89. The van der Waals surface area contributed by atoms with E-state index in [1.54, 1.807) is 6.92 Å². The van der Waals surface area contributed by atoms with E-state index in [0.717, 1.165) is 10.6 Å². The van der Waals surface area contributed by atoms with Gasteiger partial charge in [0.2, 0.25) is 10.0 Å². The van der Waals surface area contributed by atoms with Crippen LogP contribution in [0.2, 0.25) is 0 Å². The molecule has 0 saturated carbocycles. The van der Waals surface area contributed by atoms with Crippen molar-refractivity contribution in [1.82, 2.24) is 4.31 Å². The first kappa shape index (κ1) is 18.6. The lowest BCUT2D eigenvalue weighted by Crippen LogP contribution is -2.36. The smallest absolute Gasteiger partial charge is 0.318 e. The average Bonchev–Trinajstić information content (AvgIpc) is 2.36. The van der Waals surface area contributed by atoms with Crippen molar-refractivity contribution in [3.63, 3.8) is 0 Å². The van der Waals surface area contributed by atoms with Gasteiger partial charge in [0.25, 0.3) is 0 Å². The Labute approximate surface area is 130 Å². The number of carboxylic acid groups (broad SMARTS) is 1. The van der Waals surface area contributed by atoms with Crippen LogP contribution in [0.1, 0.15) is 18.9 Å². The Morgan fingerprint density at radius 2 is 1.68 bits per heavy atom. The largest absolute Gasteiger partial charge is 0.480 e. The Morgan fingerprint density at radius 1 is 1.14 bits per heavy atom. The van der Waals surface area contributed by atoms with Crippen molar-refractivity contribution < 1.29 is 26.7 Å². The zero-order valence-corrected chi connectivity index (χ0v) is 14.0. The monoisotopic (exact) mass is 349 g/mol. The zero-order valence-electron chi connectivity index (χ0n) is 12.4. The first-order valence-electron chi connectivity index (χ1n) is 6.55. The van der Waals surface area contributed by atoms with Gasteiger partial charge < -0.3 is 5.11 Å². The number of hydrogen-bond acceptors (Lipinski definition) is 5. The topological polar surface area (TPSA) is 109 Å². The van der Waals surface area contributed by atoms with Crippen LogP contribution in [-0.4, -0.2) is 51.6 Å². The molecule has 0 atom stereocenters. The molecule has 0 fully saturated rings. The highest BCUT2D eigenvalue weighted by molar-refractivity contribution is 7.90. The van der Waals surface area contributed by atoms with E-state index >= 15 is 0 Å². The molecule has 1 N–H and O–H groups in total. The van der Waals surface area contributed by atoms with Gasteiger partial charge in [-0.1, -0.05) is 19.1 Å². The van der Waals surface area contributed by atoms with Crippen LogP contribution >= 0.6 is 0 Å². The normalized spacial score (nSPS) is 12.5. The lowest BCUT2D eigenvalue weighted by Gasteiger charge is -2.19.